The molecule has 104 valence electrons. The summed E-state index contributed by atoms with van der Waals surface area (Å²) in [4.78, 5) is 1.75. The van der Waals surface area contributed by atoms with Crippen molar-refractivity contribution in [3.63, 3.8) is 0 Å². The summed E-state index contributed by atoms with van der Waals surface area (Å²) in [6, 6.07) is 3.00. The van der Waals surface area contributed by atoms with Crippen molar-refractivity contribution in [1.82, 2.24) is 0 Å². The zero-order valence-corrected chi connectivity index (χ0v) is 12.5. The summed E-state index contributed by atoms with van der Waals surface area (Å²) in [5.41, 5.74) is 5.61. The van der Waals surface area contributed by atoms with E-state index in [0.29, 0.717) is 13.1 Å². The maximum Gasteiger partial charge on any atom is 0.182 e. The molecule has 0 bridgehead atoms. The first-order valence-corrected chi connectivity index (χ1v) is 7.38. The molecule has 1 aliphatic rings. The maximum atomic E-state index is 14.1. The van der Waals surface area contributed by atoms with Crippen molar-refractivity contribution in [1.29, 1.82) is 0 Å². The van der Waals surface area contributed by atoms with E-state index in [9.17, 15) is 8.78 Å². The molecule has 0 radical (unpaired) electrons. The second-order valence-electron chi connectivity index (χ2n) is 5.15. The predicted molar refractivity (Wildman–Crippen MR) is 81.0 cm³/mol. The van der Waals surface area contributed by atoms with Gasteiger partial charge in [0.1, 0.15) is 4.99 Å². The van der Waals surface area contributed by atoms with Gasteiger partial charge < -0.3 is 10.6 Å². The van der Waals surface area contributed by atoms with Crippen LogP contribution in [-0.4, -0.2) is 28.6 Å². The van der Waals surface area contributed by atoms with E-state index >= 15 is 0 Å². The van der Waals surface area contributed by atoms with Gasteiger partial charge in [0.25, 0.3) is 0 Å². The van der Waals surface area contributed by atoms with E-state index in [1.165, 1.54) is 6.07 Å². The Morgan fingerprint density at radius 1 is 1.37 bits per heavy atom. The fourth-order valence-corrected chi connectivity index (χ4v) is 3.46. The highest BCUT2D eigenvalue weighted by molar-refractivity contribution is 8.00. The number of nitrogens with zero attached hydrogens (tertiary/aromatic N) is 1. The second-order valence-corrected chi connectivity index (χ2v) is 7.40. The van der Waals surface area contributed by atoms with E-state index in [4.69, 9.17) is 18.0 Å². The molecule has 0 unspecified atom stereocenters. The summed E-state index contributed by atoms with van der Waals surface area (Å²) in [5.74, 6) is -0.931. The summed E-state index contributed by atoms with van der Waals surface area (Å²) >= 11 is 6.54. The van der Waals surface area contributed by atoms with Crippen LogP contribution < -0.4 is 10.6 Å². The molecule has 1 aromatic rings. The van der Waals surface area contributed by atoms with E-state index in [2.05, 4.69) is 13.8 Å². The third-order valence-electron chi connectivity index (χ3n) is 3.09. The number of nitrogens with two attached hydrogens (primary N) is 1. The van der Waals surface area contributed by atoms with Gasteiger partial charge in [-0.05, 0) is 26.0 Å². The number of halogens is 2. The summed E-state index contributed by atoms with van der Waals surface area (Å²) in [6.45, 7) is 5.58. The monoisotopic (exact) mass is 302 g/mol. The Labute approximate surface area is 121 Å². The number of hydrogen-bond donors (Lipinski definition) is 1. The van der Waals surface area contributed by atoms with Crippen LogP contribution in [0.2, 0.25) is 0 Å². The summed E-state index contributed by atoms with van der Waals surface area (Å²) in [6.07, 6.45) is 0. The molecule has 2 nitrogen and oxygen atoms in total. The highest BCUT2D eigenvalue weighted by atomic mass is 32.2. The molecule has 0 atom stereocenters. The summed E-state index contributed by atoms with van der Waals surface area (Å²) < 4.78 is 28.0. The Balaban J connectivity index is 2.36. The zero-order valence-electron chi connectivity index (χ0n) is 10.9. The summed E-state index contributed by atoms with van der Waals surface area (Å²) in [5, 5.41) is 0. The molecule has 0 spiro atoms. The average molecular weight is 302 g/mol. The van der Waals surface area contributed by atoms with Crippen LogP contribution >= 0.6 is 24.0 Å². The van der Waals surface area contributed by atoms with E-state index in [1.807, 2.05) is 16.7 Å². The Kier molecular flexibility index (Phi) is 4.01. The van der Waals surface area contributed by atoms with Gasteiger partial charge in [-0.25, -0.2) is 8.78 Å². The highest BCUT2D eigenvalue weighted by Gasteiger charge is 2.29. The highest BCUT2D eigenvalue weighted by Crippen LogP contribution is 2.34. The van der Waals surface area contributed by atoms with Crippen molar-refractivity contribution < 1.29 is 8.78 Å². The Morgan fingerprint density at radius 2 is 2.05 bits per heavy atom. The smallest absolute Gasteiger partial charge is 0.182 e. The molecule has 2 rings (SSSR count). The molecule has 1 fully saturated rings. The summed E-state index contributed by atoms with van der Waals surface area (Å²) in [7, 11) is 0. The van der Waals surface area contributed by atoms with Gasteiger partial charge in [-0.3, -0.25) is 0 Å². The number of benzene rings is 1. The van der Waals surface area contributed by atoms with Crippen LogP contribution in [0.5, 0.6) is 0 Å². The van der Waals surface area contributed by atoms with Crippen LogP contribution in [0.25, 0.3) is 0 Å². The van der Waals surface area contributed by atoms with E-state index in [0.717, 1.165) is 5.75 Å². The number of anilines is 1. The fourth-order valence-electron chi connectivity index (χ4n) is 2.20. The standard InChI is InChI=1S/C13H16F2N2S2/c1-13(2)7-17(5-6-19-13)9-4-3-8(12(16)18)10(14)11(9)15/h3-4H,5-7H2,1-2H3,(H2,16,18). The van der Waals surface area contributed by atoms with Crippen molar-refractivity contribution in [3.05, 3.63) is 29.3 Å². The first kappa shape index (κ1) is 14.5. The number of thiocarbonyl (C=S) groups is 1. The fraction of sp³-hybridized carbons (Fsp3) is 0.462. The van der Waals surface area contributed by atoms with Gasteiger partial charge in [0, 0.05) is 29.2 Å². The molecule has 2 N–H and O–H groups in total. The van der Waals surface area contributed by atoms with Crippen molar-refractivity contribution in [2.45, 2.75) is 18.6 Å². The van der Waals surface area contributed by atoms with Crippen LogP contribution in [0.15, 0.2) is 12.1 Å². The molecule has 1 heterocycles. The topological polar surface area (TPSA) is 29.3 Å². The van der Waals surface area contributed by atoms with E-state index in [1.54, 1.807) is 6.07 Å². The van der Waals surface area contributed by atoms with Gasteiger partial charge in [-0.1, -0.05) is 12.2 Å². The van der Waals surface area contributed by atoms with Gasteiger partial charge in [0.05, 0.1) is 5.69 Å². The van der Waals surface area contributed by atoms with Gasteiger partial charge in [-0.15, -0.1) is 0 Å². The van der Waals surface area contributed by atoms with Crippen molar-refractivity contribution in [3.8, 4) is 0 Å². The number of thioether (sulfide) groups is 1. The minimum Gasteiger partial charge on any atom is -0.389 e. The molecular formula is C13H16F2N2S2. The predicted octanol–water partition coefficient (Wildman–Crippen LogP) is 2.93. The van der Waals surface area contributed by atoms with Gasteiger partial charge in [0.2, 0.25) is 0 Å². The van der Waals surface area contributed by atoms with E-state index in [-0.39, 0.29) is 21.0 Å². The van der Waals surface area contributed by atoms with Crippen molar-refractivity contribution in [2.24, 2.45) is 5.73 Å². The molecule has 1 aromatic carbocycles. The molecule has 1 aliphatic heterocycles. The molecule has 0 aliphatic carbocycles. The lowest BCUT2D eigenvalue weighted by Gasteiger charge is -2.39. The lowest BCUT2D eigenvalue weighted by atomic mass is 10.1. The zero-order chi connectivity index (χ0) is 14.2. The van der Waals surface area contributed by atoms with Gasteiger partial charge >= 0.3 is 0 Å². The van der Waals surface area contributed by atoms with Crippen LogP contribution in [-0.2, 0) is 0 Å². The van der Waals surface area contributed by atoms with Crippen LogP contribution in [0, 0.1) is 11.6 Å². The van der Waals surface area contributed by atoms with Crippen molar-refractivity contribution >= 4 is 34.7 Å². The number of rotatable bonds is 2. The first-order valence-electron chi connectivity index (χ1n) is 5.98. The van der Waals surface area contributed by atoms with Gasteiger partial charge in [0.15, 0.2) is 11.6 Å². The molecule has 1 saturated heterocycles. The Morgan fingerprint density at radius 3 is 2.63 bits per heavy atom. The average Bonchev–Trinajstić information content (AvgIpc) is 2.30. The Bertz CT molecular complexity index is 518. The SMILES string of the molecule is CC1(C)CN(c2ccc(C(N)=S)c(F)c2F)CCS1. The lowest BCUT2D eigenvalue weighted by Crippen LogP contribution is -2.43. The molecule has 19 heavy (non-hydrogen) atoms. The molecule has 0 saturated carbocycles. The largest absolute Gasteiger partial charge is 0.389 e. The van der Waals surface area contributed by atoms with Crippen LogP contribution in [0.4, 0.5) is 14.5 Å². The minimum absolute atomic E-state index is 0.0308. The quantitative estimate of drug-likeness (QED) is 0.851. The third-order valence-corrected chi connectivity index (χ3v) is 4.61. The third kappa shape index (κ3) is 3.00. The normalized spacial score (nSPS) is 18.4. The maximum absolute atomic E-state index is 14.1. The van der Waals surface area contributed by atoms with Gasteiger partial charge in [-0.2, -0.15) is 11.8 Å². The number of hydrogen-bond acceptors (Lipinski definition) is 3. The van der Waals surface area contributed by atoms with Crippen molar-refractivity contribution in [2.75, 3.05) is 23.7 Å². The minimum atomic E-state index is -0.957. The molecule has 0 amide bonds. The molecule has 0 aromatic heterocycles. The lowest BCUT2D eigenvalue weighted by molar-refractivity contribution is 0.502. The Hall–Kier alpha value is -0.880. The molecular weight excluding hydrogens is 286 g/mol. The molecule has 6 heteroatoms. The second kappa shape index (κ2) is 5.25. The van der Waals surface area contributed by atoms with Crippen LogP contribution in [0.3, 0.4) is 0 Å². The van der Waals surface area contributed by atoms with Crippen LogP contribution in [0.1, 0.15) is 19.4 Å². The van der Waals surface area contributed by atoms with E-state index < -0.39 is 11.6 Å². The first-order chi connectivity index (χ1) is 8.82.